The predicted molar refractivity (Wildman–Crippen MR) is 101 cm³/mol. The summed E-state index contributed by atoms with van der Waals surface area (Å²) in [6.45, 7) is 5.74. The summed E-state index contributed by atoms with van der Waals surface area (Å²) < 4.78 is 7.56. The third-order valence-electron chi connectivity index (χ3n) is 4.80. The summed E-state index contributed by atoms with van der Waals surface area (Å²) >= 11 is 0. The maximum Gasteiger partial charge on any atom is 0.164 e. The minimum atomic E-state index is 0.549. The largest absolute Gasteiger partial charge is 0.381 e. The summed E-state index contributed by atoms with van der Waals surface area (Å²) in [5, 5.41) is 5.39. The van der Waals surface area contributed by atoms with Crippen LogP contribution in [0.5, 0.6) is 0 Å². The van der Waals surface area contributed by atoms with Gasteiger partial charge in [0.25, 0.3) is 0 Å². The van der Waals surface area contributed by atoms with Crippen molar-refractivity contribution in [3.05, 3.63) is 30.7 Å². The monoisotopic (exact) mass is 352 g/mol. The molecular formula is C19H24N6O. The molecule has 0 aliphatic carbocycles. The molecule has 3 aromatic rings. The van der Waals surface area contributed by atoms with Crippen LogP contribution in [-0.2, 0) is 11.8 Å². The van der Waals surface area contributed by atoms with Crippen molar-refractivity contribution in [3.63, 3.8) is 0 Å². The van der Waals surface area contributed by atoms with Crippen molar-refractivity contribution in [2.75, 3.05) is 31.2 Å². The van der Waals surface area contributed by atoms with Crippen LogP contribution in [0.15, 0.2) is 30.7 Å². The van der Waals surface area contributed by atoms with Crippen molar-refractivity contribution in [2.45, 2.75) is 19.8 Å². The van der Waals surface area contributed by atoms with Gasteiger partial charge in [-0.15, -0.1) is 0 Å². The molecule has 26 heavy (non-hydrogen) atoms. The molecule has 0 bridgehead atoms. The molecule has 1 atom stereocenters. The third-order valence-corrected chi connectivity index (χ3v) is 4.80. The van der Waals surface area contributed by atoms with E-state index in [-0.39, 0.29) is 0 Å². The molecule has 4 heterocycles. The summed E-state index contributed by atoms with van der Waals surface area (Å²) in [4.78, 5) is 16.0. The van der Waals surface area contributed by atoms with Crippen molar-refractivity contribution in [2.24, 2.45) is 13.0 Å². The van der Waals surface area contributed by atoms with Crippen LogP contribution in [0.4, 0.5) is 5.82 Å². The Kier molecular flexibility index (Phi) is 4.79. The van der Waals surface area contributed by atoms with Crippen molar-refractivity contribution >= 4 is 16.9 Å². The number of fused-ring (bicyclic) bond motifs is 1. The van der Waals surface area contributed by atoms with Gasteiger partial charge in [0.2, 0.25) is 0 Å². The third kappa shape index (κ3) is 3.26. The van der Waals surface area contributed by atoms with Gasteiger partial charge in [0, 0.05) is 50.6 Å². The van der Waals surface area contributed by atoms with E-state index in [0.29, 0.717) is 11.7 Å². The minimum absolute atomic E-state index is 0.549. The second-order valence-electron chi connectivity index (χ2n) is 6.79. The van der Waals surface area contributed by atoms with E-state index >= 15 is 0 Å². The van der Waals surface area contributed by atoms with Crippen molar-refractivity contribution < 1.29 is 4.74 Å². The normalized spacial score (nSPS) is 17.3. The number of hydrogen-bond donors (Lipinski definition) is 0. The van der Waals surface area contributed by atoms with Gasteiger partial charge in [-0.25, -0.2) is 9.97 Å². The number of nitrogens with zero attached hydrogens (tertiary/aromatic N) is 6. The van der Waals surface area contributed by atoms with Crippen molar-refractivity contribution in [1.29, 1.82) is 0 Å². The summed E-state index contributed by atoms with van der Waals surface area (Å²) in [7, 11) is 1.92. The summed E-state index contributed by atoms with van der Waals surface area (Å²) in [6, 6.07) is 3.87. The molecule has 0 amide bonds. The molecule has 7 heteroatoms. The van der Waals surface area contributed by atoms with Crippen LogP contribution >= 0.6 is 0 Å². The molecule has 7 nitrogen and oxygen atoms in total. The average Bonchev–Trinajstić information content (AvgIpc) is 3.29. The zero-order chi connectivity index (χ0) is 17.9. The fraction of sp³-hybridized carbons (Fsp3) is 0.474. The summed E-state index contributed by atoms with van der Waals surface area (Å²) in [6.07, 6.45) is 7.58. The molecule has 3 aromatic heterocycles. The number of pyridine rings is 1. The molecule has 1 fully saturated rings. The quantitative estimate of drug-likeness (QED) is 0.635. The molecule has 0 N–H and O–H groups in total. The van der Waals surface area contributed by atoms with E-state index in [1.807, 2.05) is 30.1 Å². The number of aromatic nitrogens is 5. The zero-order valence-electron chi connectivity index (χ0n) is 15.3. The molecule has 4 rings (SSSR count). The highest BCUT2D eigenvalue weighted by atomic mass is 16.5. The van der Waals surface area contributed by atoms with Crippen LogP contribution < -0.4 is 4.90 Å². The van der Waals surface area contributed by atoms with Gasteiger partial charge in [0.15, 0.2) is 11.5 Å². The molecular weight excluding hydrogens is 328 g/mol. The lowest BCUT2D eigenvalue weighted by atomic mass is 10.1. The van der Waals surface area contributed by atoms with Crippen molar-refractivity contribution in [3.8, 4) is 11.4 Å². The first kappa shape index (κ1) is 16.9. The van der Waals surface area contributed by atoms with Gasteiger partial charge in [-0.2, -0.15) is 5.10 Å². The van der Waals surface area contributed by atoms with E-state index in [4.69, 9.17) is 14.7 Å². The van der Waals surface area contributed by atoms with Gasteiger partial charge < -0.3 is 9.64 Å². The molecule has 1 aliphatic rings. The van der Waals surface area contributed by atoms with E-state index in [9.17, 15) is 0 Å². The molecule has 1 aliphatic heterocycles. The van der Waals surface area contributed by atoms with Gasteiger partial charge in [0.05, 0.1) is 18.2 Å². The van der Waals surface area contributed by atoms with Gasteiger partial charge in [-0.3, -0.25) is 9.67 Å². The highest BCUT2D eigenvalue weighted by Crippen LogP contribution is 2.30. The van der Waals surface area contributed by atoms with E-state index in [0.717, 1.165) is 61.6 Å². The molecule has 0 spiro atoms. The Hall–Kier alpha value is -2.54. The van der Waals surface area contributed by atoms with E-state index in [1.54, 1.807) is 12.4 Å². The Balaban J connectivity index is 1.66. The molecule has 0 radical (unpaired) electrons. The molecule has 1 saturated heterocycles. The van der Waals surface area contributed by atoms with Gasteiger partial charge in [-0.1, -0.05) is 6.92 Å². The van der Waals surface area contributed by atoms with Gasteiger partial charge in [-0.05, 0) is 25.0 Å². The maximum atomic E-state index is 5.75. The van der Waals surface area contributed by atoms with Crippen LogP contribution in [-0.4, -0.2) is 51.0 Å². The average molecular weight is 352 g/mol. The van der Waals surface area contributed by atoms with E-state index in [1.165, 1.54) is 0 Å². The molecule has 136 valence electrons. The Labute approximate surface area is 153 Å². The highest BCUT2D eigenvalue weighted by molar-refractivity contribution is 5.88. The Morgan fingerprint density at radius 2 is 2.08 bits per heavy atom. The topological polar surface area (TPSA) is 69.0 Å². The first-order chi connectivity index (χ1) is 12.8. The Morgan fingerprint density at radius 3 is 2.88 bits per heavy atom. The van der Waals surface area contributed by atoms with Crippen molar-refractivity contribution in [1.82, 2.24) is 24.7 Å². The van der Waals surface area contributed by atoms with Crippen LogP contribution in [0.2, 0.25) is 0 Å². The first-order valence-corrected chi connectivity index (χ1v) is 9.19. The SMILES string of the molecule is CCCOCC1CCN(c2nc(-c3ccncc3)nc3c2cnn3C)C1. The predicted octanol–water partition coefficient (Wildman–Crippen LogP) is 2.68. The fourth-order valence-corrected chi connectivity index (χ4v) is 3.43. The number of ether oxygens (including phenoxy) is 1. The number of aryl methyl sites for hydroxylation is 1. The summed E-state index contributed by atoms with van der Waals surface area (Å²) in [5.41, 5.74) is 1.82. The van der Waals surface area contributed by atoms with E-state index < -0.39 is 0 Å². The standard InChI is InChI=1S/C19H24N6O/c1-3-10-26-13-14-6-9-25(12-14)19-16-11-21-24(2)18(16)22-17(23-19)15-4-7-20-8-5-15/h4-5,7-8,11,14H,3,6,9-10,12-13H2,1-2H3. The van der Waals surface area contributed by atoms with Gasteiger partial charge in [0.1, 0.15) is 5.82 Å². The Bertz CT molecular complexity index is 878. The minimum Gasteiger partial charge on any atom is -0.381 e. The number of hydrogen-bond acceptors (Lipinski definition) is 6. The smallest absolute Gasteiger partial charge is 0.164 e. The number of rotatable bonds is 6. The van der Waals surface area contributed by atoms with Crippen LogP contribution in [0.3, 0.4) is 0 Å². The summed E-state index contributed by atoms with van der Waals surface area (Å²) in [5.74, 6) is 2.23. The van der Waals surface area contributed by atoms with Crippen LogP contribution in [0.1, 0.15) is 19.8 Å². The lowest BCUT2D eigenvalue weighted by Gasteiger charge is -2.19. The molecule has 0 aromatic carbocycles. The van der Waals surface area contributed by atoms with Crippen LogP contribution in [0, 0.1) is 5.92 Å². The Morgan fingerprint density at radius 1 is 1.23 bits per heavy atom. The van der Waals surface area contributed by atoms with Gasteiger partial charge >= 0.3 is 0 Å². The molecule has 0 saturated carbocycles. The van der Waals surface area contributed by atoms with Crippen LogP contribution in [0.25, 0.3) is 22.4 Å². The second kappa shape index (κ2) is 7.37. The maximum absolute atomic E-state index is 5.75. The fourth-order valence-electron chi connectivity index (χ4n) is 3.43. The van der Waals surface area contributed by atoms with E-state index in [2.05, 4.69) is 21.9 Å². The highest BCUT2D eigenvalue weighted by Gasteiger charge is 2.26. The second-order valence-corrected chi connectivity index (χ2v) is 6.79. The lowest BCUT2D eigenvalue weighted by Crippen LogP contribution is -2.23. The number of anilines is 1. The molecule has 1 unspecified atom stereocenters. The zero-order valence-corrected chi connectivity index (χ0v) is 15.3. The first-order valence-electron chi connectivity index (χ1n) is 9.19. The lowest BCUT2D eigenvalue weighted by molar-refractivity contribution is 0.106.